The van der Waals surface area contributed by atoms with Crippen molar-refractivity contribution in [2.75, 3.05) is 13.2 Å². The predicted octanol–water partition coefficient (Wildman–Crippen LogP) is -6.55. The molecule has 194 valence electrons. The number of aliphatic hydroxyl groups excluding tert-OH is 10. The van der Waals surface area contributed by atoms with Crippen LogP contribution in [0, 0.1) is 0 Å². The molecule has 33 heavy (non-hydrogen) atoms. The van der Waals surface area contributed by atoms with Crippen LogP contribution in [0.3, 0.4) is 0 Å². The van der Waals surface area contributed by atoms with Crippen LogP contribution in [0.1, 0.15) is 6.92 Å². The van der Waals surface area contributed by atoms with Crippen LogP contribution in [0.15, 0.2) is 0 Å². The van der Waals surface area contributed by atoms with Crippen molar-refractivity contribution in [3.63, 3.8) is 0 Å². The highest BCUT2D eigenvalue weighted by Gasteiger charge is 2.53. The van der Waals surface area contributed by atoms with Gasteiger partial charge in [-0.3, -0.25) is 0 Å². The normalized spacial score (nSPS) is 53.7. The van der Waals surface area contributed by atoms with Crippen molar-refractivity contribution in [1.82, 2.24) is 0 Å². The van der Waals surface area contributed by atoms with Gasteiger partial charge in [0.2, 0.25) is 0 Å². The van der Waals surface area contributed by atoms with E-state index in [9.17, 15) is 51.1 Å². The molecule has 3 aliphatic rings. The van der Waals surface area contributed by atoms with Crippen molar-refractivity contribution in [2.24, 2.45) is 0 Å². The fourth-order valence-electron chi connectivity index (χ4n) is 3.97. The van der Waals surface area contributed by atoms with E-state index in [4.69, 9.17) is 23.7 Å². The van der Waals surface area contributed by atoms with Crippen molar-refractivity contribution >= 4 is 0 Å². The van der Waals surface area contributed by atoms with Crippen molar-refractivity contribution in [3.05, 3.63) is 0 Å². The maximum Gasteiger partial charge on any atom is 0.187 e. The van der Waals surface area contributed by atoms with Crippen molar-refractivity contribution in [1.29, 1.82) is 0 Å². The molecule has 3 aliphatic heterocycles. The molecule has 15 atom stereocenters. The summed E-state index contributed by atoms with van der Waals surface area (Å²) in [5, 5.41) is 100.0. The molecule has 0 aliphatic carbocycles. The van der Waals surface area contributed by atoms with Crippen LogP contribution < -0.4 is 0 Å². The Balaban J connectivity index is 1.82. The summed E-state index contributed by atoms with van der Waals surface area (Å²) in [6, 6.07) is 0. The number of hydrogen-bond donors (Lipinski definition) is 10. The first-order chi connectivity index (χ1) is 15.5. The average molecular weight is 488 g/mol. The third-order valence-corrected chi connectivity index (χ3v) is 6.06. The van der Waals surface area contributed by atoms with Gasteiger partial charge < -0.3 is 74.7 Å². The minimum atomic E-state index is -1.89. The van der Waals surface area contributed by atoms with E-state index >= 15 is 0 Å². The highest BCUT2D eigenvalue weighted by molar-refractivity contribution is 4.95. The van der Waals surface area contributed by atoms with E-state index in [1.165, 1.54) is 6.92 Å². The van der Waals surface area contributed by atoms with Crippen LogP contribution in [0.4, 0.5) is 0 Å². The van der Waals surface area contributed by atoms with Gasteiger partial charge in [-0.2, -0.15) is 0 Å². The first-order valence-electron chi connectivity index (χ1n) is 10.4. The minimum absolute atomic E-state index is 0.746. The van der Waals surface area contributed by atoms with E-state index in [1.807, 2.05) is 0 Å². The Morgan fingerprint density at radius 3 is 1.61 bits per heavy atom. The molecule has 15 heteroatoms. The largest absolute Gasteiger partial charge is 0.394 e. The maximum absolute atomic E-state index is 10.6. The van der Waals surface area contributed by atoms with Gasteiger partial charge in [-0.1, -0.05) is 0 Å². The summed E-state index contributed by atoms with van der Waals surface area (Å²) in [4.78, 5) is 0. The van der Waals surface area contributed by atoms with E-state index in [2.05, 4.69) is 0 Å². The first-order valence-corrected chi connectivity index (χ1v) is 10.4. The highest BCUT2D eigenvalue weighted by atomic mass is 16.8. The quantitative estimate of drug-likeness (QED) is 0.167. The fraction of sp³-hybridized carbons (Fsp3) is 1.00. The van der Waals surface area contributed by atoms with Crippen LogP contribution >= 0.6 is 0 Å². The summed E-state index contributed by atoms with van der Waals surface area (Å²) < 4.78 is 26.7. The molecular weight excluding hydrogens is 456 g/mol. The molecule has 0 amide bonds. The molecule has 15 nitrogen and oxygen atoms in total. The average Bonchev–Trinajstić information content (AvgIpc) is 2.79. The molecule has 0 saturated carbocycles. The van der Waals surface area contributed by atoms with E-state index in [0.717, 1.165) is 0 Å². The zero-order valence-corrected chi connectivity index (χ0v) is 17.6. The molecule has 3 heterocycles. The molecule has 10 N–H and O–H groups in total. The topological polar surface area (TPSA) is 248 Å². The van der Waals surface area contributed by atoms with E-state index in [1.54, 1.807) is 0 Å². The summed E-state index contributed by atoms with van der Waals surface area (Å²) in [7, 11) is 0. The lowest BCUT2D eigenvalue weighted by molar-refractivity contribution is -0.386. The molecule has 0 spiro atoms. The van der Waals surface area contributed by atoms with Crippen LogP contribution in [0.5, 0.6) is 0 Å². The van der Waals surface area contributed by atoms with Gasteiger partial charge >= 0.3 is 0 Å². The molecule has 0 aromatic heterocycles. The summed E-state index contributed by atoms with van der Waals surface area (Å²) in [6.45, 7) is -0.107. The van der Waals surface area contributed by atoms with Crippen molar-refractivity contribution in [3.8, 4) is 0 Å². The van der Waals surface area contributed by atoms with Gasteiger partial charge in [-0.25, -0.2) is 0 Å². The lowest BCUT2D eigenvalue weighted by Crippen LogP contribution is -2.66. The Kier molecular flexibility index (Phi) is 8.99. The van der Waals surface area contributed by atoms with E-state index < -0.39 is 105 Å². The molecule has 0 bridgehead atoms. The molecule has 0 aromatic carbocycles. The maximum atomic E-state index is 10.6. The van der Waals surface area contributed by atoms with Gasteiger partial charge in [0.1, 0.15) is 67.1 Å². The second-order valence-corrected chi connectivity index (χ2v) is 8.32. The third-order valence-electron chi connectivity index (χ3n) is 6.06. The minimum Gasteiger partial charge on any atom is -0.394 e. The highest BCUT2D eigenvalue weighted by Crippen LogP contribution is 2.32. The molecule has 3 rings (SSSR count). The Hall–Kier alpha value is -0.600. The van der Waals surface area contributed by atoms with E-state index in [0.29, 0.717) is 0 Å². The zero-order valence-electron chi connectivity index (χ0n) is 17.6. The Bertz CT molecular complexity index is 624. The lowest BCUT2D eigenvalue weighted by Gasteiger charge is -2.48. The molecule has 0 aromatic rings. The number of aliphatic hydroxyl groups is 10. The van der Waals surface area contributed by atoms with Gasteiger partial charge in [0.05, 0.1) is 19.3 Å². The molecule has 0 unspecified atom stereocenters. The van der Waals surface area contributed by atoms with Gasteiger partial charge in [0, 0.05) is 0 Å². The summed E-state index contributed by atoms with van der Waals surface area (Å²) in [5.41, 5.74) is 0. The van der Waals surface area contributed by atoms with Crippen molar-refractivity contribution in [2.45, 2.75) is 99.0 Å². The Labute approximate surface area is 187 Å². The molecule has 3 fully saturated rings. The molecular formula is C18H32O15. The first kappa shape index (κ1) is 27.0. The van der Waals surface area contributed by atoms with Gasteiger partial charge in [0.15, 0.2) is 18.9 Å². The van der Waals surface area contributed by atoms with E-state index in [-0.39, 0.29) is 0 Å². The third kappa shape index (κ3) is 5.32. The van der Waals surface area contributed by atoms with Crippen LogP contribution in [0.25, 0.3) is 0 Å². The second-order valence-electron chi connectivity index (χ2n) is 8.32. The summed E-state index contributed by atoms with van der Waals surface area (Å²) in [5.74, 6) is 0. The molecule has 0 radical (unpaired) electrons. The number of rotatable bonds is 6. The van der Waals surface area contributed by atoms with Gasteiger partial charge in [-0.15, -0.1) is 0 Å². The smallest absolute Gasteiger partial charge is 0.187 e. The standard InChI is InChI=1S/C18H32O15/c1-4-7(21)10(24)12(26)17(29-4)32-14-9(23)6(3-20)30-16(28)15(14)33-18-13(27)11(25)8(22)5(2-19)31-18/h4-28H,2-3H2,1H3/t4-,5-,6-,7+,8-,9-,10+,11-,12+,13-,14+,15+,16+,17-,18+/m1/s1. The Morgan fingerprint density at radius 2 is 1.03 bits per heavy atom. The number of ether oxygens (including phenoxy) is 5. The van der Waals surface area contributed by atoms with Crippen LogP contribution in [0.2, 0.25) is 0 Å². The SMILES string of the molecule is C[C@H]1O[C@H](O[C@H]2[C@H](O)[C@@H](CO)O[C@H](O)[C@H]2O[C@@H]2O[C@H](CO)[C@@H](O)[C@@H](O)[C@H]2O)[C@@H](O)[C@@H](O)[C@H]1O. The predicted molar refractivity (Wildman–Crippen MR) is 99.8 cm³/mol. The van der Waals surface area contributed by atoms with Crippen LogP contribution in [-0.2, 0) is 23.7 Å². The van der Waals surface area contributed by atoms with Crippen molar-refractivity contribution < 1.29 is 74.7 Å². The summed E-state index contributed by atoms with van der Waals surface area (Å²) >= 11 is 0. The monoisotopic (exact) mass is 488 g/mol. The zero-order chi connectivity index (χ0) is 24.6. The van der Waals surface area contributed by atoms with Crippen LogP contribution in [-0.4, -0.2) is 156 Å². The fourth-order valence-corrected chi connectivity index (χ4v) is 3.97. The lowest BCUT2D eigenvalue weighted by atomic mass is 9.96. The van der Waals surface area contributed by atoms with Gasteiger partial charge in [0.25, 0.3) is 0 Å². The Morgan fingerprint density at radius 1 is 0.545 bits per heavy atom. The molecule has 3 saturated heterocycles. The second kappa shape index (κ2) is 11.0. The number of hydrogen-bond acceptors (Lipinski definition) is 15. The summed E-state index contributed by atoms with van der Waals surface area (Å²) in [6.07, 6.45) is -24.1. The van der Waals surface area contributed by atoms with Gasteiger partial charge in [-0.05, 0) is 6.92 Å².